The van der Waals surface area contributed by atoms with Gasteiger partial charge in [-0.2, -0.15) is 5.10 Å². The summed E-state index contributed by atoms with van der Waals surface area (Å²) in [5, 5.41) is 5.37. The molecule has 2 heterocycles. The first-order valence-electron chi connectivity index (χ1n) is 8.30. The van der Waals surface area contributed by atoms with Crippen molar-refractivity contribution in [1.29, 1.82) is 0 Å². The Kier molecular flexibility index (Phi) is 5.36. The van der Waals surface area contributed by atoms with Crippen LogP contribution >= 0.6 is 0 Å². The zero-order chi connectivity index (χ0) is 17.9. The highest BCUT2D eigenvalue weighted by Gasteiger charge is 2.31. The number of hydrogen-bond acceptors (Lipinski definition) is 4. The third kappa shape index (κ3) is 4.78. The van der Waals surface area contributed by atoms with Crippen LogP contribution in [0.5, 0.6) is 0 Å². The van der Waals surface area contributed by atoms with Crippen molar-refractivity contribution in [3.05, 3.63) is 58.8 Å². The van der Waals surface area contributed by atoms with Crippen LogP contribution < -0.4 is 4.72 Å². The first-order valence-corrected chi connectivity index (χ1v) is 9.85. The second-order valence-corrected chi connectivity index (χ2v) is 7.96. The highest BCUT2D eigenvalue weighted by Crippen LogP contribution is 2.28. The molecule has 0 unspecified atom stereocenters. The number of sulfonamides is 1. The molecule has 2 atom stereocenters. The van der Waals surface area contributed by atoms with Gasteiger partial charge in [0.05, 0.1) is 12.2 Å². The van der Waals surface area contributed by atoms with Crippen molar-refractivity contribution in [1.82, 2.24) is 14.5 Å². The Morgan fingerprint density at radius 1 is 1.32 bits per heavy atom. The lowest BCUT2D eigenvalue weighted by Gasteiger charge is -2.31. The number of rotatable bonds is 5. The number of benzene rings is 1. The Morgan fingerprint density at radius 3 is 2.76 bits per heavy atom. The molecular weight excluding hydrogens is 338 g/mol. The van der Waals surface area contributed by atoms with E-state index in [-0.39, 0.29) is 12.1 Å². The van der Waals surface area contributed by atoms with E-state index in [0.717, 1.165) is 29.5 Å². The standard InChI is InChI=1S/C18H23N3O3S/c1-14-5-7-15(8-6-14)9-11-25(22,23)20-17-4-3-10-24-18(17)16-12-19-21(2)13-16/h5-9,11-13,17-18,20H,3-4,10H2,1-2H3/t17-,18+/m0/s1. The lowest BCUT2D eigenvalue weighted by Crippen LogP contribution is -2.41. The normalized spacial score (nSPS) is 21.7. The Labute approximate surface area is 148 Å². The van der Waals surface area contributed by atoms with Crippen molar-refractivity contribution in [2.24, 2.45) is 7.05 Å². The molecule has 0 amide bonds. The third-order valence-corrected chi connectivity index (χ3v) is 5.33. The monoisotopic (exact) mass is 361 g/mol. The van der Waals surface area contributed by atoms with Crippen LogP contribution in [0.25, 0.3) is 6.08 Å². The van der Waals surface area contributed by atoms with Crippen molar-refractivity contribution in [3.8, 4) is 0 Å². The topological polar surface area (TPSA) is 73.2 Å². The van der Waals surface area contributed by atoms with Gasteiger partial charge in [0.15, 0.2) is 0 Å². The molecule has 0 saturated carbocycles. The fraction of sp³-hybridized carbons (Fsp3) is 0.389. The minimum absolute atomic E-state index is 0.300. The van der Waals surface area contributed by atoms with Crippen LogP contribution in [0.4, 0.5) is 0 Å². The maximum absolute atomic E-state index is 12.4. The molecule has 0 spiro atoms. The number of aryl methyl sites for hydroxylation is 2. The summed E-state index contributed by atoms with van der Waals surface area (Å²) >= 11 is 0. The van der Waals surface area contributed by atoms with Gasteiger partial charge in [-0.15, -0.1) is 0 Å². The van der Waals surface area contributed by atoms with Crippen LogP contribution in [0, 0.1) is 6.92 Å². The molecule has 1 aromatic heterocycles. The van der Waals surface area contributed by atoms with E-state index in [9.17, 15) is 8.42 Å². The van der Waals surface area contributed by atoms with Gasteiger partial charge in [0.25, 0.3) is 0 Å². The molecule has 1 N–H and O–H groups in total. The fourth-order valence-corrected chi connectivity index (χ4v) is 3.99. The molecule has 3 rings (SSSR count). The van der Waals surface area contributed by atoms with Crippen molar-refractivity contribution < 1.29 is 13.2 Å². The van der Waals surface area contributed by atoms with E-state index in [1.807, 2.05) is 44.4 Å². The van der Waals surface area contributed by atoms with Crippen molar-refractivity contribution in [2.45, 2.75) is 31.9 Å². The minimum Gasteiger partial charge on any atom is -0.372 e. The third-order valence-electron chi connectivity index (χ3n) is 4.21. The minimum atomic E-state index is -3.56. The van der Waals surface area contributed by atoms with Gasteiger partial charge < -0.3 is 4.74 Å². The fourth-order valence-electron chi connectivity index (χ4n) is 2.91. The van der Waals surface area contributed by atoms with Gasteiger partial charge in [0, 0.05) is 30.8 Å². The summed E-state index contributed by atoms with van der Waals surface area (Å²) in [4.78, 5) is 0. The number of hydrogen-bond donors (Lipinski definition) is 1. The molecule has 1 aliphatic heterocycles. The van der Waals surface area contributed by atoms with Crippen LogP contribution in [-0.2, 0) is 21.8 Å². The van der Waals surface area contributed by atoms with Crippen molar-refractivity contribution in [3.63, 3.8) is 0 Å². The molecule has 7 heteroatoms. The second-order valence-electron chi connectivity index (χ2n) is 6.36. The largest absolute Gasteiger partial charge is 0.372 e. The Balaban J connectivity index is 1.72. The van der Waals surface area contributed by atoms with E-state index in [4.69, 9.17) is 4.74 Å². The maximum atomic E-state index is 12.4. The summed E-state index contributed by atoms with van der Waals surface area (Å²) in [6, 6.07) is 7.39. The number of nitrogens with one attached hydrogen (secondary N) is 1. The van der Waals surface area contributed by atoms with Crippen LogP contribution in [0.15, 0.2) is 42.1 Å². The molecule has 1 saturated heterocycles. The number of aromatic nitrogens is 2. The molecule has 0 radical (unpaired) electrons. The van der Waals surface area contributed by atoms with E-state index in [0.29, 0.717) is 6.61 Å². The summed E-state index contributed by atoms with van der Waals surface area (Å²) in [7, 11) is -1.73. The molecule has 1 aromatic carbocycles. The molecule has 25 heavy (non-hydrogen) atoms. The zero-order valence-corrected chi connectivity index (χ0v) is 15.2. The molecule has 1 aliphatic rings. The van der Waals surface area contributed by atoms with E-state index < -0.39 is 10.0 Å². The molecule has 134 valence electrons. The highest BCUT2D eigenvalue weighted by atomic mass is 32.2. The predicted octanol–water partition coefficient (Wildman–Crippen LogP) is 2.54. The van der Waals surface area contributed by atoms with E-state index in [1.165, 1.54) is 5.41 Å². The average molecular weight is 361 g/mol. The smallest absolute Gasteiger partial charge is 0.234 e. The van der Waals surface area contributed by atoms with Gasteiger partial charge in [-0.3, -0.25) is 4.68 Å². The maximum Gasteiger partial charge on any atom is 0.234 e. The Morgan fingerprint density at radius 2 is 2.08 bits per heavy atom. The SMILES string of the molecule is Cc1ccc(C=CS(=O)(=O)N[C@H]2CCCO[C@@H]2c2cnn(C)c2)cc1. The lowest BCUT2D eigenvalue weighted by atomic mass is 9.99. The molecular formula is C18H23N3O3S. The van der Waals surface area contributed by atoms with Gasteiger partial charge in [-0.05, 0) is 31.4 Å². The molecule has 2 aromatic rings. The van der Waals surface area contributed by atoms with Crippen molar-refractivity contribution in [2.75, 3.05) is 6.61 Å². The molecule has 0 aliphatic carbocycles. The molecule has 6 nitrogen and oxygen atoms in total. The zero-order valence-electron chi connectivity index (χ0n) is 14.4. The van der Waals surface area contributed by atoms with Crippen LogP contribution in [0.1, 0.15) is 35.6 Å². The van der Waals surface area contributed by atoms with Gasteiger partial charge in [-0.1, -0.05) is 29.8 Å². The summed E-state index contributed by atoms with van der Waals surface area (Å²) in [6.07, 6.45) is 6.43. The number of ether oxygens (including phenoxy) is 1. The van der Waals surface area contributed by atoms with Gasteiger partial charge in [0.2, 0.25) is 10.0 Å². The summed E-state index contributed by atoms with van der Waals surface area (Å²) in [6.45, 7) is 2.62. The quantitative estimate of drug-likeness (QED) is 0.888. The second kappa shape index (κ2) is 7.51. The van der Waals surface area contributed by atoms with Gasteiger partial charge in [-0.25, -0.2) is 13.1 Å². The van der Waals surface area contributed by atoms with Crippen LogP contribution in [0.2, 0.25) is 0 Å². The first kappa shape index (κ1) is 17.8. The van der Waals surface area contributed by atoms with Gasteiger partial charge >= 0.3 is 0 Å². The molecule has 1 fully saturated rings. The van der Waals surface area contributed by atoms with Crippen molar-refractivity contribution >= 4 is 16.1 Å². The summed E-state index contributed by atoms with van der Waals surface area (Å²) in [5.74, 6) is 0. The summed E-state index contributed by atoms with van der Waals surface area (Å²) in [5.41, 5.74) is 2.87. The summed E-state index contributed by atoms with van der Waals surface area (Å²) < 4.78 is 35.1. The van der Waals surface area contributed by atoms with Gasteiger partial charge in [0.1, 0.15) is 6.10 Å². The predicted molar refractivity (Wildman–Crippen MR) is 97.2 cm³/mol. The highest BCUT2D eigenvalue weighted by molar-refractivity contribution is 7.92. The van der Waals surface area contributed by atoms with E-state index >= 15 is 0 Å². The number of nitrogens with zero attached hydrogens (tertiary/aromatic N) is 2. The Hall–Kier alpha value is -1.96. The average Bonchev–Trinajstić information content (AvgIpc) is 3.01. The van der Waals surface area contributed by atoms with E-state index in [1.54, 1.807) is 17.0 Å². The lowest BCUT2D eigenvalue weighted by molar-refractivity contribution is -0.00437. The van der Waals surface area contributed by atoms with E-state index in [2.05, 4.69) is 9.82 Å². The van der Waals surface area contributed by atoms with Crippen LogP contribution in [-0.4, -0.2) is 30.8 Å². The Bertz CT molecular complexity index is 841. The van der Waals surface area contributed by atoms with Crippen LogP contribution in [0.3, 0.4) is 0 Å². The first-order chi connectivity index (χ1) is 11.9. The molecule has 0 bridgehead atoms.